The molecule has 1 fully saturated rings. The van der Waals surface area contributed by atoms with Crippen LogP contribution in [0.25, 0.3) is 0 Å². The fourth-order valence-electron chi connectivity index (χ4n) is 1.84. The number of nitrogens with one attached hydrogen (secondary N) is 1. The zero-order valence-corrected chi connectivity index (χ0v) is 10.7. The number of hydrogen-bond acceptors (Lipinski definition) is 4. The molecule has 0 saturated carbocycles. The molecule has 2 rings (SSSR count). The van der Waals surface area contributed by atoms with Crippen LogP contribution < -0.4 is 11.1 Å². The normalized spacial score (nSPS) is 22.3. The van der Waals surface area contributed by atoms with E-state index < -0.39 is 6.10 Å². The summed E-state index contributed by atoms with van der Waals surface area (Å²) >= 11 is 0. The molecule has 5 nitrogen and oxygen atoms in total. The molecule has 1 heterocycles. The quantitative estimate of drug-likeness (QED) is 0.723. The van der Waals surface area contributed by atoms with Gasteiger partial charge < -0.3 is 20.9 Å². The molecular weight excluding hydrogens is 256 g/mol. The van der Waals surface area contributed by atoms with Crippen LogP contribution in [0.5, 0.6) is 5.75 Å². The minimum absolute atomic E-state index is 0. The molecule has 1 saturated heterocycles. The van der Waals surface area contributed by atoms with E-state index >= 15 is 0 Å². The molecule has 6 heteroatoms. The van der Waals surface area contributed by atoms with Gasteiger partial charge >= 0.3 is 0 Å². The van der Waals surface area contributed by atoms with Crippen molar-refractivity contribution in [2.24, 2.45) is 5.73 Å². The van der Waals surface area contributed by atoms with Crippen LogP contribution in [0.4, 0.5) is 5.69 Å². The van der Waals surface area contributed by atoms with E-state index in [4.69, 9.17) is 15.6 Å². The first-order valence-corrected chi connectivity index (χ1v) is 5.64. The maximum Gasteiger partial charge on any atom is 0.253 e. The van der Waals surface area contributed by atoms with E-state index in [9.17, 15) is 4.79 Å². The summed E-state index contributed by atoms with van der Waals surface area (Å²) in [5.41, 5.74) is 6.13. The van der Waals surface area contributed by atoms with Crippen molar-refractivity contribution < 1.29 is 14.6 Å². The zero-order valence-electron chi connectivity index (χ0n) is 9.83. The fraction of sp³-hybridized carbons (Fsp3) is 0.417. The van der Waals surface area contributed by atoms with Gasteiger partial charge in [-0.2, -0.15) is 0 Å². The Labute approximate surface area is 112 Å². The maximum atomic E-state index is 11.8. The van der Waals surface area contributed by atoms with E-state index in [1.807, 2.05) is 0 Å². The molecule has 1 aromatic carbocycles. The SMILES string of the molecule is Cl.NC[C@H]1CC[C@@H](C(=O)Nc2ccc(O)cc2)O1. The standard InChI is InChI=1S/C12H16N2O3.ClH/c13-7-10-5-6-11(17-10)12(16)14-8-1-3-9(15)4-2-8;/h1-4,10-11,15H,5-7,13H2,(H,14,16);1H/t10-,11+;/m1./s1. The third kappa shape index (κ3) is 3.60. The molecule has 1 aliphatic heterocycles. The molecule has 1 aromatic rings. The third-order valence-corrected chi connectivity index (χ3v) is 2.80. The third-order valence-electron chi connectivity index (χ3n) is 2.80. The van der Waals surface area contributed by atoms with Crippen molar-refractivity contribution in [1.29, 1.82) is 0 Å². The number of nitrogens with two attached hydrogens (primary N) is 1. The molecule has 18 heavy (non-hydrogen) atoms. The number of carbonyl (C=O) groups excluding carboxylic acids is 1. The van der Waals surface area contributed by atoms with Crippen LogP contribution in [-0.4, -0.2) is 29.8 Å². The van der Waals surface area contributed by atoms with E-state index in [0.29, 0.717) is 18.7 Å². The molecule has 0 radical (unpaired) electrons. The summed E-state index contributed by atoms with van der Waals surface area (Å²) < 4.78 is 5.48. The number of anilines is 1. The number of halogens is 1. The summed E-state index contributed by atoms with van der Waals surface area (Å²) in [4.78, 5) is 11.8. The monoisotopic (exact) mass is 272 g/mol. The zero-order chi connectivity index (χ0) is 12.3. The average Bonchev–Trinajstić information content (AvgIpc) is 2.81. The van der Waals surface area contributed by atoms with Crippen LogP contribution in [-0.2, 0) is 9.53 Å². The van der Waals surface area contributed by atoms with E-state index in [0.717, 1.165) is 6.42 Å². The van der Waals surface area contributed by atoms with E-state index in [1.165, 1.54) is 12.1 Å². The first kappa shape index (κ1) is 14.8. The van der Waals surface area contributed by atoms with Crippen LogP contribution in [0.2, 0.25) is 0 Å². The number of ether oxygens (including phenoxy) is 1. The van der Waals surface area contributed by atoms with Gasteiger partial charge in [0.1, 0.15) is 11.9 Å². The molecule has 0 bridgehead atoms. The minimum atomic E-state index is -0.419. The van der Waals surface area contributed by atoms with Crippen LogP contribution in [0.1, 0.15) is 12.8 Å². The summed E-state index contributed by atoms with van der Waals surface area (Å²) in [7, 11) is 0. The Morgan fingerprint density at radius 1 is 1.39 bits per heavy atom. The van der Waals surface area contributed by atoms with Gasteiger partial charge in [-0.3, -0.25) is 4.79 Å². The number of hydrogen-bond donors (Lipinski definition) is 3. The molecule has 4 N–H and O–H groups in total. The van der Waals surface area contributed by atoms with Crippen molar-refractivity contribution in [2.45, 2.75) is 25.0 Å². The number of carbonyl (C=O) groups is 1. The predicted octanol–water partition coefficient (Wildman–Crippen LogP) is 1.26. The lowest BCUT2D eigenvalue weighted by Crippen LogP contribution is -2.29. The van der Waals surface area contributed by atoms with Gasteiger partial charge in [-0.05, 0) is 37.1 Å². The van der Waals surface area contributed by atoms with Crippen molar-refractivity contribution in [3.8, 4) is 5.75 Å². The Kier molecular flexibility index (Phi) is 5.40. The lowest BCUT2D eigenvalue weighted by Gasteiger charge is -2.12. The highest BCUT2D eigenvalue weighted by molar-refractivity contribution is 5.94. The van der Waals surface area contributed by atoms with E-state index in [1.54, 1.807) is 12.1 Å². The Balaban J connectivity index is 0.00000162. The van der Waals surface area contributed by atoms with Crippen molar-refractivity contribution in [1.82, 2.24) is 0 Å². The van der Waals surface area contributed by atoms with Crippen LogP contribution in [0.15, 0.2) is 24.3 Å². The van der Waals surface area contributed by atoms with Gasteiger partial charge in [-0.1, -0.05) is 0 Å². The summed E-state index contributed by atoms with van der Waals surface area (Å²) in [6, 6.07) is 6.33. The number of aromatic hydroxyl groups is 1. The minimum Gasteiger partial charge on any atom is -0.508 e. The van der Waals surface area contributed by atoms with Gasteiger partial charge in [0.25, 0.3) is 5.91 Å². The van der Waals surface area contributed by atoms with E-state index in [2.05, 4.69) is 5.32 Å². The molecule has 0 aromatic heterocycles. The molecular formula is C12H17ClN2O3. The van der Waals surface area contributed by atoms with E-state index in [-0.39, 0.29) is 30.2 Å². The topological polar surface area (TPSA) is 84.6 Å². The van der Waals surface area contributed by atoms with Gasteiger partial charge in [-0.15, -0.1) is 12.4 Å². The number of rotatable bonds is 3. The van der Waals surface area contributed by atoms with Crippen molar-refractivity contribution in [3.63, 3.8) is 0 Å². The Bertz CT molecular complexity index is 397. The first-order chi connectivity index (χ1) is 8.19. The smallest absolute Gasteiger partial charge is 0.253 e. The highest BCUT2D eigenvalue weighted by Gasteiger charge is 2.29. The molecule has 0 unspecified atom stereocenters. The number of benzene rings is 1. The number of phenolic OH excluding ortho intramolecular Hbond substituents is 1. The number of phenols is 1. The predicted molar refractivity (Wildman–Crippen MR) is 70.9 cm³/mol. The average molecular weight is 273 g/mol. The molecule has 0 spiro atoms. The van der Waals surface area contributed by atoms with Crippen LogP contribution >= 0.6 is 12.4 Å². The lowest BCUT2D eigenvalue weighted by atomic mass is 10.2. The second-order valence-electron chi connectivity index (χ2n) is 4.10. The van der Waals surface area contributed by atoms with Gasteiger partial charge in [0.2, 0.25) is 0 Å². The van der Waals surface area contributed by atoms with Gasteiger partial charge in [0.15, 0.2) is 0 Å². The van der Waals surface area contributed by atoms with Crippen molar-refractivity contribution >= 4 is 24.0 Å². The van der Waals surface area contributed by atoms with Crippen LogP contribution in [0.3, 0.4) is 0 Å². The van der Waals surface area contributed by atoms with Gasteiger partial charge in [0, 0.05) is 12.2 Å². The van der Waals surface area contributed by atoms with Crippen molar-refractivity contribution in [3.05, 3.63) is 24.3 Å². The molecule has 1 amide bonds. The van der Waals surface area contributed by atoms with Crippen molar-refractivity contribution in [2.75, 3.05) is 11.9 Å². The Morgan fingerprint density at radius 3 is 2.61 bits per heavy atom. The Hall–Kier alpha value is -1.30. The number of amides is 1. The maximum absolute atomic E-state index is 11.8. The van der Waals surface area contributed by atoms with Gasteiger partial charge in [0.05, 0.1) is 6.10 Å². The largest absolute Gasteiger partial charge is 0.508 e. The van der Waals surface area contributed by atoms with Gasteiger partial charge in [-0.25, -0.2) is 0 Å². The second kappa shape index (κ2) is 6.58. The highest BCUT2D eigenvalue weighted by atomic mass is 35.5. The fourth-order valence-corrected chi connectivity index (χ4v) is 1.84. The summed E-state index contributed by atoms with van der Waals surface area (Å²) in [5, 5.41) is 11.9. The second-order valence-corrected chi connectivity index (χ2v) is 4.10. The Morgan fingerprint density at radius 2 is 2.06 bits per heavy atom. The highest BCUT2D eigenvalue weighted by Crippen LogP contribution is 2.21. The first-order valence-electron chi connectivity index (χ1n) is 5.64. The lowest BCUT2D eigenvalue weighted by molar-refractivity contribution is -0.126. The molecule has 1 aliphatic rings. The summed E-state index contributed by atoms with van der Waals surface area (Å²) in [5.74, 6) is 0.00921. The molecule has 100 valence electrons. The molecule has 2 atom stereocenters. The van der Waals surface area contributed by atoms with Crippen LogP contribution in [0, 0.1) is 0 Å². The summed E-state index contributed by atoms with van der Waals surface area (Å²) in [6.45, 7) is 0.447. The summed E-state index contributed by atoms with van der Waals surface area (Å²) in [6.07, 6.45) is 1.10. The molecule has 0 aliphatic carbocycles.